The second-order valence-corrected chi connectivity index (χ2v) is 5.99. The number of benzene rings is 1. The lowest BCUT2D eigenvalue weighted by atomic mass is 10.1. The monoisotopic (exact) mass is 355 g/mol. The van der Waals surface area contributed by atoms with Gasteiger partial charge in [0.15, 0.2) is 17.7 Å². The molecular weight excluding hydrogens is 338 g/mol. The van der Waals surface area contributed by atoms with Crippen molar-refractivity contribution in [1.29, 1.82) is 0 Å². The van der Waals surface area contributed by atoms with Crippen LogP contribution in [0.2, 0.25) is 0 Å². The molecule has 5 N–H and O–H groups in total. The normalized spacial score (nSPS) is 26.5. The number of rotatable bonds is 3. The van der Waals surface area contributed by atoms with E-state index in [0.717, 1.165) is 5.56 Å². The molecule has 0 amide bonds. The molecule has 3 aromatic rings. The van der Waals surface area contributed by atoms with Crippen LogP contribution in [-0.4, -0.2) is 53.2 Å². The minimum absolute atomic E-state index is 0.191. The zero-order valence-corrected chi connectivity index (χ0v) is 13.5. The average Bonchev–Trinajstić information content (AvgIpc) is 3.19. The fraction of sp³-hybridized carbons (Fsp3) is 0.235. The van der Waals surface area contributed by atoms with Gasteiger partial charge in [-0.3, -0.25) is 4.57 Å². The zero-order valence-electron chi connectivity index (χ0n) is 13.5. The van der Waals surface area contributed by atoms with Gasteiger partial charge in [-0.1, -0.05) is 30.3 Å². The molecule has 1 aromatic carbocycles. The van der Waals surface area contributed by atoms with Crippen molar-refractivity contribution in [3.63, 3.8) is 0 Å². The van der Waals surface area contributed by atoms with Crippen LogP contribution in [0.4, 0.5) is 5.82 Å². The van der Waals surface area contributed by atoms with Crippen LogP contribution in [0.5, 0.6) is 0 Å². The molecule has 134 valence electrons. The third-order valence-corrected chi connectivity index (χ3v) is 4.31. The van der Waals surface area contributed by atoms with Crippen molar-refractivity contribution in [2.75, 3.05) is 5.73 Å². The van der Waals surface area contributed by atoms with Crippen molar-refractivity contribution in [3.8, 4) is 0 Å². The lowest BCUT2D eigenvalue weighted by Gasteiger charge is -2.16. The predicted molar refractivity (Wildman–Crippen MR) is 92.7 cm³/mol. The Balaban J connectivity index is 1.66. The topological polar surface area (TPSA) is 140 Å². The Hall–Kier alpha value is -3.01. The van der Waals surface area contributed by atoms with Gasteiger partial charge in [-0.05, 0) is 11.6 Å². The quantitative estimate of drug-likeness (QED) is 0.502. The number of hydrogen-bond acceptors (Lipinski definition) is 8. The molecule has 4 atom stereocenters. The average molecular weight is 355 g/mol. The van der Waals surface area contributed by atoms with Crippen LogP contribution in [0, 0.1) is 0 Å². The van der Waals surface area contributed by atoms with Crippen LogP contribution in [-0.2, 0) is 4.74 Å². The molecule has 0 bridgehead atoms. The van der Waals surface area contributed by atoms with E-state index in [1.165, 1.54) is 23.3 Å². The second kappa shape index (κ2) is 6.37. The summed E-state index contributed by atoms with van der Waals surface area (Å²) in [6.07, 6.45) is -0.534. The Morgan fingerprint density at radius 2 is 1.88 bits per heavy atom. The highest BCUT2D eigenvalue weighted by atomic mass is 16.6. The molecule has 4 rings (SSSR count). The highest BCUT2D eigenvalue weighted by Crippen LogP contribution is 2.34. The number of hydrogen-bond donors (Lipinski definition) is 4. The van der Waals surface area contributed by atoms with Crippen LogP contribution >= 0.6 is 0 Å². The fourth-order valence-electron chi connectivity index (χ4n) is 2.99. The molecule has 0 saturated carbocycles. The third kappa shape index (κ3) is 2.68. The molecule has 3 heterocycles. The molecule has 9 nitrogen and oxygen atoms in total. The van der Waals surface area contributed by atoms with Crippen LogP contribution in [0.25, 0.3) is 17.2 Å². The number of nitrogen functional groups attached to an aromatic ring is 1. The van der Waals surface area contributed by atoms with Crippen molar-refractivity contribution in [1.82, 2.24) is 19.5 Å². The van der Waals surface area contributed by atoms with E-state index >= 15 is 0 Å². The summed E-state index contributed by atoms with van der Waals surface area (Å²) in [6.45, 7) is 0. The number of nitrogens with two attached hydrogens (primary N) is 1. The number of aliphatic hydroxyl groups excluding tert-OH is 3. The molecule has 0 unspecified atom stereocenters. The molecule has 2 aromatic heterocycles. The molecule has 1 aliphatic rings. The Kier molecular flexibility index (Phi) is 4.03. The summed E-state index contributed by atoms with van der Waals surface area (Å²) in [4.78, 5) is 12.1. The molecule has 0 aliphatic carbocycles. The molecule has 1 fully saturated rings. The van der Waals surface area contributed by atoms with Crippen LogP contribution in [0.1, 0.15) is 11.8 Å². The first-order valence-corrected chi connectivity index (χ1v) is 7.96. The number of aliphatic hydroxyl groups is 3. The van der Waals surface area contributed by atoms with E-state index in [1.54, 1.807) is 12.1 Å². The maximum Gasteiger partial charge on any atom is 0.167 e. The van der Waals surface area contributed by atoms with Crippen molar-refractivity contribution < 1.29 is 20.1 Å². The second-order valence-electron chi connectivity index (χ2n) is 5.99. The summed E-state index contributed by atoms with van der Waals surface area (Å²) in [5.74, 6) is 0.00830. The number of imidazole rings is 1. The highest BCUT2D eigenvalue weighted by molar-refractivity contribution is 5.81. The number of nitrogens with zero attached hydrogens (tertiary/aromatic N) is 4. The van der Waals surface area contributed by atoms with Crippen LogP contribution < -0.4 is 5.73 Å². The Morgan fingerprint density at radius 1 is 1.12 bits per heavy atom. The van der Waals surface area contributed by atoms with Gasteiger partial charge < -0.3 is 25.8 Å². The van der Waals surface area contributed by atoms with Crippen LogP contribution in [0.15, 0.2) is 48.7 Å². The molecule has 26 heavy (non-hydrogen) atoms. The maximum absolute atomic E-state index is 10.4. The summed E-state index contributed by atoms with van der Waals surface area (Å²) < 4.78 is 7.17. The smallest absolute Gasteiger partial charge is 0.167 e. The molecule has 0 spiro atoms. The van der Waals surface area contributed by atoms with Gasteiger partial charge in [-0.15, -0.1) is 0 Å². The third-order valence-electron chi connectivity index (χ3n) is 4.31. The van der Waals surface area contributed by atoms with Crippen molar-refractivity contribution in [2.45, 2.75) is 24.5 Å². The number of aromatic nitrogens is 4. The van der Waals surface area contributed by atoms with E-state index in [1.807, 2.05) is 18.2 Å². The van der Waals surface area contributed by atoms with E-state index < -0.39 is 24.5 Å². The number of fused-ring (bicyclic) bond motifs is 1. The number of ether oxygens (including phenoxy) is 1. The van der Waals surface area contributed by atoms with Gasteiger partial charge in [0.05, 0.1) is 6.33 Å². The standard InChI is InChI=1S/C17H17N5O4/c18-15-11-16(20-7-19-15)22(8-21-11)17-13(25)12(24)14(26-17)10(23)6-9-4-2-1-3-5-9/h1-8,12-14,17,23-25H,(H2,18,19,20)/t12-,13+,14+,17+/m0/s1. The zero-order chi connectivity index (χ0) is 18.3. The lowest BCUT2D eigenvalue weighted by molar-refractivity contribution is -0.0336. The van der Waals surface area contributed by atoms with E-state index in [2.05, 4.69) is 15.0 Å². The SMILES string of the molecule is Nc1ncnc2c1ncn2[C@@H]1O[C@H](C(O)=Cc2ccccc2)[C@@H](O)[C@H]1O. The van der Waals surface area contributed by atoms with Gasteiger partial charge in [0.25, 0.3) is 0 Å². The maximum atomic E-state index is 10.4. The first-order chi connectivity index (χ1) is 12.6. The van der Waals surface area contributed by atoms with E-state index in [9.17, 15) is 15.3 Å². The summed E-state index contributed by atoms with van der Waals surface area (Å²) in [6, 6.07) is 9.10. The van der Waals surface area contributed by atoms with Gasteiger partial charge in [0.2, 0.25) is 0 Å². The minimum Gasteiger partial charge on any atom is -0.509 e. The predicted octanol–water partition coefficient (Wildman–Crippen LogP) is 0.627. The van der Waals surface area contributed by atoms with Gasteiger partial charge in [0.1, 0.15) is 35.9 Å². The number of anilines is 1. The van der Waals surface area contributed by atoms with Gasteiger partial charge in [0, 0.05) is 0 Å². The molecule has 1 aliphatic heterocycles. The minimum atomic E-state index is -1.32. The summed E-state index contributed by atoms with van der Waals surface area (Å²) in [7, 11) is 0. The van der Waals surface area contributed by atoms with Gasteiger partial charge >= 0.3 is 0 Å². The lowest BCUT2D eigenvalue weighted by Crippen LogP contribution is -2.32. The molecular formula is C17H17N5O4. The van der Waals surface area contributed by atoms with E-state index in [-0.39, 0.29) is 11.6 Å². The Bertz CT molecular complexity index is 958. The van der Waals surface area contributed by atoms with Gasteiger partial charge in [-0.25, -0.2) is 15.0 Å². The first kappa shape index (κ1) is 16.5. The molecule has 0 radical (unpaired) electrons. The largest absolute Gasteiger partial charge is 0.509 e. The van der Waals surface area contributed by atoms with Gasteiger partial charge in [-0.2, -0.15) is 0 Å². The fourth-order valence-corrected chi connectivity index (χ4v) is 2.99. The molecule has 1 saturated heterocycles. The Morgan fingerprint density at radius 3 is 2.65 bits per heavy atom. The molecule has 9 heteroatoms. The summed E-state index contributed by atoms with van der Waals surface area (Å²) in [5, 5.41) is 31.1. The van der Waals surface area contributed by atoms with Crippen LogP contribution in [0.3, 0.4) is 0 Å². The van der Waals surface area contributed by atoms with Crippen molar-refractivity contribution in [2.24, 2.45) is 0 Å². The van der Waals surface area contributed by atoms with Crippen molar-refractivity contribution >= 4 is 23.1 Å². The van der Waals surface area contributed by atoms with E-state index in [0.29, 0.717) is 11.2 Å². The summed E-state index contributed by atoms with van der Waals surface area (Å²) in [5.41, 5.74) is 7.23. The highest BCUT2D eigenvalue weighted by Gasteiger charge is 2.46. The Labute approximate surface area is 148 Å². The van der Waals surface area contributed by atoms with Crippen molar-refractivity contribution in [3.05, 3.63) is 54.3 Å². The first-order valence-electron chi connectivity index (χ1n) is 7.96. The summed E-state index contributed by atoms with van der Waals surface area (Å²) >= 11 is 0. The van der Waals surface area contributed by atoms with E-state index in [4.69, 9.17) is 10.5 Å².